The number of nitrogens with one attached hydrogen (secondary N) is 1. The van der Waals surface area contributed by atoms with E-state index in [4.69, 9.17) is 14.2 Å². The highest BCUT2D eigenvalue weighted by Crippen LogP contribution is 2.40. The van der Waals surface area contributed by atoms with Crippen LogP contribution in [0.4, 0.5) is 4.39 Å². The average Bonchev–Trinajstić information content (AvgIpc) is 2.56. The summed E-state index contributed by atoms with van der Waals surface area (Å²) in [7, 11) is 1.61. The molecular formula is C17H19ClFNO3. The van der Waals surface area contributed by atoms with E-state index in [0.717, 1.165) is 11.1 Å². The lowest BCUT2D eigenvalue weighted by Gasteiger charge is -2.21. The van der Waals surface area contributed by atoms with Crippen LogP contribution in [0, 0.1) is 5.82 Å². The van der Waals surface area contributed by atoms with Gasteiger partial charge in [0.1, 0.15) is 19.0 Å². The van der Waals surface area contributed by atoms with Crippen molar-refractivity contribution in [3.05, 3.63) is 53.3 Å². The second-order valence-electron chi connectivity index (χ2n) is 5.05. The van der Waals surface area contributed by atoms with Crippen LogP contribution in [0.3, 0.4) is 0 Å². The molecule has 0 saturated heterocycles. The van der Waals surface area contributed by atoms with E-state index in [-0.39, 0.29) is 18.2 Å². The zero-order chi connectivity index (χ0) is 15.4. The van der Waals surface area contributed by atoms with Crippen molar-refractivity contribution >= 4 is 12.4 Å². The summed E-state index contributed by atoms with van der Waals surface area (Å²) in [6, 6.07) is 10.4. The van der Waals surface area contributed by atoms with Crippen LogP contribution in [0.25, 0.3) is 0 Å². The van der Waals surface area contributed by atoms with Crippen LogP contribution >= 0.6 is 12.4 Å². The molecule has 0 atom stereocenters. The van der Waals surface area contributed by atoms with Crippen LogP contribution in [-0.4, -0.2) is 20.3 Å². The first-order valence-corrected chi connectivity index (χ1v) is 7.18. The molecule has 2 aromatic carbocycles. The first-order valence-electron chi connectivity index (χ1n) is 7.18. The third kappa shape index (κ3) is 4.27. The molecule has 1 aliphatic heterocycles. The smallest absolute Gasteiger partial charge is 0.203 e. The number of rotatable bonds is 5. The molecule has 0 saturated carbocycles. The van der Waals surface area contributed by atoms with Gasteiger partial charge in [0.15, 0.2) is 11.5 Å². The Labute approximate surface area is 141 Å². The van der Waals surface area contributed by atoms with Gasteiger partial charge in [0.25, 0.3) is 0 Å². The molecule has 0 fully saturated rings. The van der Waals surface area contributed by atoms with Gasteiger partial charge in [0, 0.05) is 13.1 Å². The fraction of sp³-hybridized carbons (Fsp3) is 0.294. The topological polar surface area (TPSA) is 39.7 Å². The Hall–Kier alpha value is -1.98. The van der Waals surface area contributed by atoms with Gasteiger partial charge in [0.05, 0.1) is 7.11 Å². The van der Waals surface area contributed by atoms with Crippen LogP contribution in [0.2, 0.25) is 0 Å². The third-order valence-corrected chi connectivity index (χ3v) is 3.46. The minimum atomic E-state index is -0.222. The van der Waals surface area contributed by atoms with Crippen LogP contribution in [-0.2, 0) is 13.1 Å². The maximum absolute atomic E-state index is 12.9. The Kier molecular flexibility index (Phi) is 6.07. The van der Waals surface area contributed by atoms with Crippen LogP contribution < -0.4 is 19.5 Å². The maximum atomic E-state index is 12.9. The first-order chi connectivity index (χ1) is 10.8. The van der Waals surface area contributed by atoms with Crippen LogP contribution in [0.1, 0.15) is 11.1 Å². The summed E-state index contributed by atoms with van der Waals surface area (Å²) in [5.41, 5.74) is 2.08. The molecule has 6 heteroatoms. The van der Waals surface area contributed by atoms with E-state index in [2.05, 4.69) is 5.32 Å². The van der Waals surface area contributed by atoms with Crippen molar-refractivity contribution < 1.29 is 18.6 Å². The minimum Gasteiger partial charge on any atom is -0.493 e. The van der Waals surface area contributed by atoms with Crippen molar-refractivity contribution in [3.63, 3.8) is 0 Å². The predicted molar refractivity (Wildman–Crippen MR) is 88.2 cm³/mol. The van der Waals surface area contributed by atoms with Crippen molar-refractivity contribution in [1.82, 2.24) is 5.32 Å². The molecule has 0 aliphatic carbocycles. The summed E-state index contributed by atoms with van der Waals surface area (Å²) in [6.07, 6.45) is 0. The third-order valence-electron chi connectivity index (χ3n) is 3.46. The molecule has 0 amide bonds. The molecule has 1 aliphatic rings. The number of hydrogen-bond donors (Lipinski definition) is 1. The molecule has 1 heterocycles. The minimum absolute atomic E-state index is 0. The Balaban J connectivity index is 0.00000192. The van der Waals surface area contributed by atoms with Gasteiger partial charge >= 0.3 is 0 Å². The lowest BCUT2D eigenvalue weighted by Crippen LogP contribution is -2.17. The fourth-order valence-corrected chi connectivity index (χ4v) is 2.38. The predicted octanol–water partition coefficient (Wildman–Crippen LogP) is 3.32. The largest absolute Gasteiger partial charge is 0.493 e. The average molecular weight is 340 g/mol. The van der Waals surface area contributed by atoms with Gasteiger partial charge in [0.2, 0.25) is 5.75 Å². The Morgan fingerprint density at radius 1 is 1.04 bits per heavy atom. The molecule has 4 nitrogen and oxygen atoms in total. The molecule has 23 heavy (non-hydrogen) atoms. The van der Waals surface area contributed by atoms with Crippen molar-refractivity contribution in [1.29, 1.82) is 0 Å². The second kappa shape index (κ2) is 8.04. The number of methoxy groups -OCH3 is 1. The maximum Gasteiger partial charge on any atom is 0.203 e. The van der Waals surface area contributed by atoms with Crippen LogP contribution in [0.15, 0.2) is 36.4 Å². The molecule has 1 N–H and O–H groups in total. The highest BCUT2D eigenvalue weighted by Gasteiger charge is 2.18. The van der Waals surface area contributed by atoms with Gasteiger partial charge in [-0.15, -0.1) is 12.4 Å². The molecule has 2 aromatic rings. The molecule has 0 radical (unpaired) electrons. The van der Waals surface area contributed by atoms with Crippen molar-refractivity contribution in [2.45, 2.75) is 13.1 Å². The summed E-state index contributed by atoms with van der Waals surface area (Å²) >= 11 is 0. The van der Waals surface area contributed by atoms with E-state index in [9.17, 15) is 4.39 Å². The monoisotopic (exact) mass is 339 g/mol. The zero-order valence-electron chi connectivity index (χ0n) is 12.8. The van der Waals surface area contributed by atoms with Crippen molar-refractivity contribution in [2.24, 2.45) is 0 Å². The summed E-state index contributed by atoms with van der Waals surface area (Å²) < 4.78 is 29.4. The summed E-state index contributed by atoms with van der Waals surface area (Å²) in [4.78, 5) is 0. The number of hydrogen-bond acceptors (Lipinski definition) is 4. The molecule has 0 spiro atoms. The van der Waals surface area contributed by atoms with E-state index in [1.807, 2.05) is 12.1 Å². The first kappa shape index (κ1) is 17.4. The van der Waals surface area contributed by atoms with Gasteiger partial charge in [-0.25, -0.2) is 4.39 Å². The quantitative estimate of drug-likeness (QED) is 0.907. The fourth-order valence-electron chi connectivity index (χ4n) is 2.38. The van der Waals surface area contributed by atoms with E-state index in [1.54, 1.807) is 19.2 Å². The Bertz CT molecular complexity index is 632. The van der Waals surface area contributed by atoms with Gasteiger partial charge in [-0.05, 0) is 35.4 Å². The molecular weight excluding hydrogens is 321 g/mol. The van der Waals surface area contributed by atoms with Crippen LogP contribution in [0.5, 0.6) is 17.2 Å². The normalized spacial score (nSPS) is 12.4. The Morgan fingerprint density at radius 3 is 2.48 bits per heavy atom. The second-order valence-corrected chi connectivity index (χ2v) is 5.05. The Morgan fingerprint density at radius 2 is 1.74 bits per heavy atom. The molecule has 0 aromatic heterocycles. The van der Waals surface area contributed by atoms with E-state index < -0.39 is 0 Å². The standard InChI is InChI=1S/C17H18FNO3.ClH/c1-20-15-8-13(9-16-17(15)22-7-6-21-16)11-19-10-12-2-4-14(18)5-3-12;/h2-5,8-9,19H,6-7,10-11H2,1H3;1H. The number of benzene rings is 2. The van der Waals surface area contributed by atoms with Crippen molar-refractivity contribution in [3.8, 4) is 17.2 Å². The molecule has 0 unspecified atom stereocenters. The van der Waals surface area contributed by atoms with Gasteiger partial charge < -0.3 is 19.5 Å². The lowest BCUT2D eigenvalue weighted by molar-refractivity contribution is 0.165. The number of ether oxygens (including phenoxy) is 3. The summed E-state index contributed by atoms with van der Waals surface area (Å²) in [5.74, 6) is 1.83. The number of halogens is 2. The molecule has 124 valence electrons. The van der Waals surface area contributed by atoms with E-state index in [0.29, 0.717) is 43.6 Å². The summed E-state index contributed by atoms with van der Waals surface area (Å²) in [5, 5.41) is 3.32. The number of fused-ring (bicyclic) bond motifs is 1. The van der Waals surface area contributed by atoms with Crippen molar-refractivity contribution in [2.75, 3.05) is 20.3 Å². The highest BCUT2D eigenvalue weighted by atomic mass is 35.5. The van der Waals surface area contributed by atoms with E-state index in [1.165, 1.54) is 12.1 Å². The SMILES string of the molecule is COc1cc(CNCc2ccc(F)cc2)cc2c1OCCO2.Cl. The molecule has 3 rings (SSSR count). The summed E-state index contributed by atoms with van der Waals surface area (Å²) in [6.45, 7) is 2.40. The van der Waals surface area contributed by atoms with Gasteiger partial charge in [-0.1, -0.05) is 12.1 Å². The lowest BCUT2D eigenvalue weighted by atomic mass is 10.1. The van der Waals surface area contributed by atoms with E-state index >= 15 is 0 Å². The van der Waals surface area contributed by atoms with Gasteiger partial charge in [-0.2, -0.15) is 0 Å². The zero-order valence-corrected chi connectivity index (χ0v) is 13.6. The highest BCUT2D eigenvalue weighted by molar-refractivity contribution is 5.85. The van der Waals surface area contributed by atoms with Gasteiger partial charge in [-0.3, -0.25) is 0 Å². The molecule has 0 bridgehead atoms.